The molecule has 0 spiro atoms. The molecule has 0 heterocycles. The topological polar surface area (TPSA) is 35.5 Å². The number of carbonyl (C=O) groups excluding carboxylic acids is 1. The predicted octanol–water partition coefficient (Wildman–Crippen LogP) is 1.09. The Morgan fingerprint density at radius 2 is 2.00 bits per heavy atom. The van der Waals surface area contributed by atoms with E-state index in [1.54, 1.807) is 0 Å². The molecule has 3 nitrogen and oxygen atoms in total. The van der Waals surface area contributed by atoms with Crippen molar-refractivity contribution < 1.29 is 27.4 Å². The lowest BCUT2D eigenvalue weighted by atomic mass is 10.5. The van der Waals surface area contributed by atoms with Gasteiger partial charge in [0.2, 0.25) is 0 Å². The zero-order valence-corrected chi connectivity index (χ0v) is 5.77. The SMILES string of the molecule is COC(=O)CCOC(F)(F)F. The molecule has 66 valence electrons. The Morgan fingerprint density at radius 1 is 1.45 bits per heavy atom. The summed E-state index contributed by atoms with van der Waals surface area (Å²) in [5.74, 6) is -0.728. The van der Waals surface area contributed by atoms with Crippen LogP contribution in [0.3, 0.4) is 0 Å². The zero-order valence-electron chi connectivity index (χ0n) is 5.77. The summed E-state index contributed by atoms with van der Waals surface area (Å²) >= 11 is 0. The van der Waals surface area contributed by atoms with Crippen molar-refractivity contribution in [3.8, 4) is 0 Å². The van der Waals surface area contributed by atoms with E-state index in [0.717, 1.165) is 7.11 Å². The van der Waals surface area contributed by atoms with Crippen LogP contribution >= 0.6 is 0 Å². The largest absolute Gasteiger partial charge is 0.522 e. The molecule has 0 aliphatic heterocycles. The van der Waals surface area contributed by atoms with E-state index in [1.807, 2.05) is 0 Å². The van der Waals surface area contributed by atoms with Crippen molar-refractivity contribution in [3.05, 3.63) is 0 Å². The molecule has 0 aromatic carbocycles. The lowest BCUT2D eigenvalue weighted by Gasteiger charge is -2.05. The Kier molecular flexibility index (Phi) is 3.88. The second-order valence-electron chi connectivity index (χ2n) is 1.62. The van der Waals surface area contributed by atoms with E-state index in [2.05, 4.69) is 9.47 Å². The van der Waals surface area contributed by atoms with Crippen molar-refractivity contribution in [2.75, 3.05) is 13.7 Å². The van der Waals surface area contributed by atoms with Gasteiger partial charge in [-0.25, -0.2) is 0 Å². The van der Waals surface area contributed by atoms with E-state index in [4.69, 9.17) is 0 Å². The van der Waals surface area contributed by atoms with E-state index >= 15 is 0 Å². The molecule has 0 fully saturated rings. The van der Waals surface area contributed by atoms with E-state index in [-0.39, 0.29) is 0 Å². The minimum Gasteiger partial charge on any atom is -0.469 e. The highest BCUT2D eigenvalue weighted by Crippen LogP contribution is 2.15. The normalized spacial score (nSPS) is 11.3. The van der Waals surface area contributed by atoms with Gasteiger partial charge in [-0.1, -0.05) is 0 Å². The first-order valence-electron chi connectivity index (χ1n) is 2.73. The van der Waals surface area contributed by atoms with Crippen LogP contribution in [0.2, 0.25) is 0 Å². The molecule has 0 atom stereocenters. The van der Waals surface area contributed by atoms with Crippen molar-refractivity contribution in [1.82, 2.24) is 0 Å². The van der Waals surface area contributed by atoms with Crippen molar-refractivity contribution >= 4 is 5.97 Å². The van der Waals surface area contributed by atoms with Gasteiger partial charge in [-0.2, -0.15) is 0 Å². The molecule has 0 aromatic heterocycles. The second kappa shape index (κ2) is 4.17. The van der Waals surface area contributed by atoms with Crippen LogP contribution in [0.5, 0.6) is 0 Å². The number of alkyl halides is 3. The van der Waals surface area contributed by atoms with Crippen LogP contribution in [0.15, 0.2) is 0 Å². The average Bonchev–Trinajstić information content (AvgIpc) is 1.85. The third kappa shape index (κ3) is 7.11. The van der Waals surface area contributed by atoms with Gasteiger partial charge in [-0.05, 0) is 0 Å². The molecule has 11 heavy (non-hydrogen) atoms. The molecular weight excluding hydrogens is 165 g/mol. The summed E-state index contributed by atoms with van der Waals surface area (Å²) in [6, 6.07) is 0. The molecule has 0 aromatic rings. The highest BCUT2D eigenvalue weighted by Gasteiger charge is 2.28. The van der Waals surface area contributed by atoms with Gasteiger partial charge in [-0.3, -0.25) is 9.53 Å². The van der Waals surface area contributed by atoms with Gasteiger partial charge < -0.3 is 4.74 Å². The second-order valence-corrected chi connectivity index (χ2v) is 1.62. The van der Waals surface area contributed by atoms with Crippen LogP contribution in [-0.4, -0.2) is 26.0 Å². The highest BCUT2D eigenvalue weighted by atomic mass is 19.4. The standard InChI is InChI=1S/C5H7F3O3/c1-10-4(9)2-3-11-5(6,7)8/h2-3H2,1H3. The third-order valence-electron chi connectivity index (χ3n) is 0.800. The van der Waals surface area contributed by atoms with E-state index in [0.29, 0.717) is 0 Å². The molecule has 0 saturated heterocycles. The minimum absolute atomic E-state index is 0.393. The lowest BCUT2D eigenvalue weighted by molar-refractivity contribution is -0.324. The van der Waals surface area contributed by atoms with Gasteiger partial charge in [-0.15, -0.1) is 13.2 Å². The fraction of sp³-hybridized carbons (Fsp3) is 0.800. The van der Waals surface area contributed by atoms with Gasteiger partial charge in [0.15, 0.2) is 0 Å². The van der Waals surface area contributed by atoms with Gasteiger partial charge >= 0.3 is 12.3 Å². The van der Waals surface area contributed by atoms with Crippen molar-refractivity contribution in [2.45, 2.75) is 12.8 Å². The number of hydrogen-bond donors (Lipinski definition) is 0. The Balaban J connectivity index is 3.35. The monoisotopic (exact) mass is 172 g/mol. The number of esters is 1. The van der Waals surface area contributed by atoms with Crippen LogP contribution in [0.1, 0.15) is 6.42 Å². The van der Waals surface area contributed by atoms with Gasteiger partial charge in [0.25, 0.3) is 0 Å². The molecular formula is C5H7F3O3. The molecule has 0 unspecified atom stereocenters. The van der Waals surface area contributed by atoms with E-state index in [1.165, 1.54) is 0 Å². The Labute approximate surface area is 61.1 Å². The maximum absolute atomic E-state index is 11.2. The van der Waals surface area contributed by atoms with E-state index < -0.39 is 25.4 Å². The molecule has 0 N–H and O–H groups in total. The average molecular weight is 172 g/mol. The summed E-state index contributed by atoms with van der Waals surface area (Å²) in [6.07, 6.45) is -5.07. The Hall–Kier alpha value is -0.780. The highest BCUT2D eigenvalue weighted by molar-refractivity contribution is 5.69. The van der Waals surface area contributed by atoms with Crippen molar-refractivity contribution in [2.24, 2.45) is 0 Å². The maximum atomic E-state index is 11.2. The fourth-order valence-corrected chi connectivity index (χ4v) is 0.352. The summed E-state index contributed by atoms with van der Waals surface area (Å²) in [5.41, 5.74) is 0. The summed E-state index contributed by atoms with van der Waals surface area (Å²) in [6.45, 7) is -0.698. The lowest BCUT2D eigenvalue weighted by Crippen LogP contribution is -2.16. The smallest absolute Gasteiger partial charge is 0.469 e. The first kappa shape index (κ1) is 10.2. The quantitative estimate of drug-likeness (QED) is 0.597. The Morgan fingerprint density at radius 3 is 2.36 bits per heavy atom. The summed E-state index contributed by atoms with van der Waals surface area (Å²) < 4.78 is 41.1. The van der Waals surface area contributed by atoms with Crippen LogP contribution < -0.4 is 0 Å². The molecule has 0 saturated carbocycles. The van der Waals surface area contributed by atoms with Crippen LogP contribution in [0, 0.1) is 0 Å². The third-order valence-corrected chi connectivity index (χ3v) is 0.800. The van der Waals surface area contributed by atoms with Crippen LogP contribution in [0.4, 0.5) is 13.2 Å². The van der Waals surface area contributed by atoms with Gasteiger partial charge in [0, 0.05) is 0 Å². The zero-order chi connectivity index (χ0) is 8.91. The summed E-state index contributed by atoms with van der Waals surface area (Å²) in [5, 5.41) is 0. The molecule has 0 aliphatic rings. The van der Waals surface area contributed by atoms with Crippen LogP contribution in [0.25, 0.3) is 0 Å². The van der Waals surface area contributed by atoms with Crippen molar-refractivity contribution in [1.29, 1.82) is 0 Å². The number of carbonyl (C=O) groups is 1. The number of hydrogen-bond acceptors (Lipinski definition) is 3. The van der Waals surface area contributed by atoms with Crippen molar-refractivity contribution in [3.63, 3.8) is 0 Å². The minimum atomic E-state index is -4.67. The molecule has 0 bridgehead atoms. The number of ether oxygens (including phenoxy) is 2. The number of halogens is 3. The van der Waals surface area contributed by atoms with Gasteiger partial charge in [0.05, 0.1) is 20.1 Å². The molecule has 0 aliphatic carbocycles. The summed E-state index contributed by atoms with van der Waals surface area (Å²) in [4.78, 5) is 10.2. The number of methoxy groups -OCH3 is 1. The predicted molar refractivity (Wildman–Crippen MR) is 28.6 cm³/mol. The van der Waals surface area contributed by atoms with Gasteiger partial charge in [0.1, 0.15) is 0 Å². The molecule has 0 amide bonds. The Bertz CT molecular complexity index is 131. The molecule has 0 radical (unpaired) electrons. The molecule has 6 heteroatoms. The fourth-order valence-electron chi connectivity index (χ4n) is 0.352. The van der Waals surface area contributed by atoms with Crippen LogP contribution in [-0.2, 0) is 14.3 Å². The number of rotatable bonds is 3. The first-order valence-corrected chi connectivity index (χ1v) is 2.73. The van der Waals surface area contributed by atoms with E-state index in [9.17, 15) is 18.0 Å². The maximum Gasteiger partial charge on any atom is 0.522 e. The summed E-state index contributed by atoms with van der Waals surface area (Å²) in [7, 11) is 1.09. The molecule has 0 rings (SSSR count). The first-order chi connectivity index (χ1) is 4.95.